The molecule has 14 heteroatoms. The highest BCUT2D eigenvalue weighted by Gasteiger charge is 2.41. The molecule has 0 spiro atoms. The summed E-state index contributed by atoms with van der Waals surface area (Å²) in [6.45, 7) is 6.76. The topological polar surface area (TPSA) is 153 Å². The second-order valence-electron chi connectivity index (χ2n) is 14.6. The number of nitrogens with one attached hydrogen (secondary N) is 2. The van der Waals surface area contributed by atoms with Crippen molar-refractivity contribution in [3.8, 4) is 11.5 Å². The predicted molar refractivity (Wildman–Crippen MR) is 208 cm³/mol. The van der Waals surface area contributed by atoms with Gasteiger partial charge in [0.25, 0.3) is 11.8 Å². The average Bonchev–Trinajstić information content (AvgIpc) is 3.63. The largest absolute Gasteiger partial charge is 0.493 e. The van der Waals surface area contributed by atoms with Crippen molar-refractivity contribution in [1.82, 2.24) is 15.1 Å². The minimum atomic E-state index is -0.870. The third kappa shape index (κ3) is 11.4. The Morgan fingerprint density at radius 1 is 1.06 bits per heavy atom. The number of nitrogens with zero attached hydrogens (tertiary/aromatic N) is 2. The summed E-state index contributed by atoms with van der Waals surface area (Å²) in [6.07, 6.45) is 3.20. The molecule has 296 valence electrons. The maximum Gasteiger partial charge on any atom is 0.329 e. The molecule has 2 heterocycles. The van der Waals surface area contributed by atoms with Gasteiger partial charge >= 0.3 is 5.97 Å². The van der Waals surface area contributed by atoms with Crippen LogP contribution in [0.25, 0.3) is 0 Å². The molecular weight excluding hydrogens is 713 g/mol. The fourth-order valence-electron chi connectivity index (χ4n) is 6.40. The van der Waals surface area contributed by atoms with Crippen LogP contribution in [0.4, 0.5) is 5.69 Å². The van der Waals surface area contributed by atoms with Crippen LogP contribution in [0.3, 0.4) is 0 Å². The third-order valence-corrected chi connectivity index (χ3v) is 10.6. The van der Waals surface area contributed by atoms with Gasteiger partial charge in [-0.15, -0.1) is 0 Å². The zero-order valence-corrected chi connectivity index (χ0v) is 33.2. The lowest BCUT2D eigenvalue weighted by atomic mass is 9.84. The number of Topliss-reactive ketones (excluding diaryl/α,β-unsaturated/α-hetero) is 1. The van der Waals surface area contributed by atoms with Crippen molar-refractivity contribution in [2.24, 2.45) is 5.41 Å². The molecule has 4 atom stereocenters. The maximum absolute atomic E-state index is 13.7. The van der Waals surface area contributed by atoms with E-state index in [1.54, 1.807) is 59.4 Å². The fourth-order valence-corrected chi connectivity index (χ4v) is 6.71. The molecule has 2 fully saturated rings. The lowest BCUT2D eigenvalue weighted by molar-refractivity contribution is -0.166. The second-order valence-corrected chi connectivity index (χ2v) is 15.3. The summed E-state index contributed by atoms with van der Waals surface area (Å²) in [5.74, 6) is -0.979. The monoisotopic (exact) mass is 768 g/mol. The van der Waals surface area contributed by atoms with Crippen LogP contribution in [0, 0.1) is 5.41 Å². The van der Waals surface area contributed by atoms with Gasteiger partial charge in [0.2, 0.25) is 11.7 Å². The van der Waals surface area contributed by atoms with E-state index in [0.717, 1.165) is 12.0 Å². The predicted octanol–water partition coefficient (Wildman–Crippen LogP) is 4.32. The van der Waals surface area contributed by atoms with E-state index in [4.69, 9.17) is 18.9 Å². The summed E-state index contributed by atoms with van der Waals surface area (Å²) in [5, 5.41) is 6.15. The van der Waals surface area contributed by atoms with E-state index in [1.165, 1.54) is 9.80 Å². The molecule has 2 aliphatic rings. The highest BCUT2D eigenvalue weighted by Crippen LogP contribution is 2.29. The number of piperidine rings is 1. The molecule has 0 aliphatic carbocycles. The SMILES string of the molecule is CCC(C)(C)C(=O)C(=O)N1CCCC[C@H]1C(=O)O[C@H](CCc1ccc(OC)c(OC)c1)COCCN(C)C(=O)c1cccc(NC(=O)[C@@H]2C[C@H](S)CN2)c1. The van der Waals surface area contributed by atoms with E-state index in [0.29, 0.717) is 74.4 Å². The number of aryl methyl sites for hydroxylation is 1. The molecule has 3 amide bonds. The van der Waals surface area contributed by atoms with Gasteiger partial charge in [-0.2, -0.15) is 12.6 Å². The maximum atomic E-state index is 13.7. The first-order chi connectivity index (χ1) is 25.8. The Hall–Kier alpha value is -4.14. The van der Waals surface area contributed by atoms with E-state index >= 15 is 0 Å². The van der Waals surface area contributed by atoms with Gasteiger partial charge in [0, 0.05) is 48.6 Å². The molecule has 0 bridgehead atoms. The van der Waals surface area contributed by atoms with Gasteiger partial charge in [-0.05, 0) is 80.8 Å². The molecule has 0 aromatic heterocycles. The number of ketones is 1. The van der Waals surface area contributed by atoms with Crippen molar-refractivity contribution in [2.45, 2.75) is 89.2 Å². The zero-order chi connectivity index (χ0) is 39.4. The Morgan fingerprint density at radius 2 is 1.81 bits per heavy atom. The van der Waals surface area contributed by atoms with Crippen molar-refractivity contribution < 1.29 is 42.9 Å². The van der Waals surface area contributed by atoms with Crippen molar-refractivity contribution in [3.63, 3.8) is 0 Å². The molecule has 2 N–H and O–H groups in total. The highest BCUT2D eigenvalue weighted by atomic mass is 32.1. The summed E-state index contributed by atoms with van der Waals surface area (Å²) < 4.78 is 22.9. The molecule has 4 rings (SSSR count). The van der Waals surface area contributed by atoms with E-state index < -0.39 is 35.2 Å². The van der Waals surface area contributed by atoms with E-state index in [2.05, 4.69) is 23.3 Å². The van der Waals surface area contributed by atoms with Gasteiger partial charge in [0.15, 0.2) is 11.5 Å². The van der Waals surface area contributed by atoms with Crippen molar-refractivity contribution in [2.75, 3.05) is 59.4 Å². The number of esters is 1. The minimum Gasteiger partial charge on any atom is -0.493 e. The molecule has 0 saturated carbocycles. The summed E-state index contributed by atoms with van der Waals surface area (Å²) in [5.41, 5.74) is 1.03. The molecule has 0 radical (unpaired) electrons. The number of anilines is 1. The molecule has 2 aromatic carbocycles. The second kappa shape index (κ2) is 20.0. The number of hydrogen-bond donors (Lipinski definition) is 3. The third-order valence-electron chi connectivity index (χ3n) is 10.2. The lowest BCUT2D eigenvalue weighted by Gasteiger charge is -2.36. The van der Waals surface area contributed by atoms with Crippen LogP contribution in [0.1, 0.15) is 75.2 Å². The molecule has 2 aromatic rings. The number of amides is 3. The Balaban J connectivity index is 1.38. The summed E-state index contributed by atoms with van der Waals surface area (Å²) in [6, 6.07) is 11.2. The number of hydrogen-bond acceptors (Lipinski definition) is 11. The number of ether oxygens (including phenoxy) is 4. The van der Waals surface area contributed by atoms with Crippen molar-refractivity contribution >= 4 is 47.8 Å². The highest BCUT2D eigenvalue weighted by molar-refractivity contribution is 7.81. The normalized spacial score (nSPS) is 19.1. The van der Waals surface area contributed by atoms with Gasteiger partial charge in [-0.3, -0.25) is 19.2 Å². The first kappa shape index (κ1) is 42.6. The lowest BCUT2D eigenvalue weighted by Crippen LogP contribution is -2.53. The standard InChI is InChI=1S/C40H56N4O9S/c1-7-40(2,3)35(45)38(48)44-18-9-8-13-32(44)39(49)53-29(16-14-26-15-17-33(50-5)34(21-26)51-6)25-52-20-19-43(4)37(47)27-11-10-12-28(22-27)42-36(46)31-23-30(54)24-41-31/h10-12,15,17,21-22,29-32,41,54H,7-9,13-14,16,18-20,23-25H2,1-6H3,(H,42,46)/t29-,30+,31+,32+/m1/s1. The van der Waals surface area contributed by atoms with Gasteiger partial charge in [-0.1, -0.05) is 32.9 Å². The number of carbonyl (C=O) groups excluding carboxylic acids is 5. The molecule has 0 unspecified atom stereocenters. The van der Waals surface area contributed by atoms with Gasteiger partial charge in [-0.25, -0.2) is 4.79 Å². The smallest absolute Gasteiger partial charge is 0.329 e. The first-order valence-electron chi connectivity index (χ1n) is 18.7. The first-order valence-corrected chi connectivity index (χ1v) is 19.2. The molecule has 13 nitrogen and oxygen atoms in total. The number of methoxy groups -OCH3 is 2. The number of likely N-dealkylation sites (N-methyl/N-ethyl adjacent to an activating group) is 1. The number of carbonyl (C=O) groups is 5. The van der Waals surface area contributed by atoms with Crippen molar-refractivity contribution in [3.05, 3.63) is 53.6 Å². The summed E-state index contributed by atoms with van der Waals surface area (Å²) in [7, 11) is 4.79. The Bertz CT molecular complexity index is 1640. The van der Waals surface area contributed by atoms with Crippen LogP contribution in [0.5, 0.6) is 11.5 Å². The summed E-state index contributed by atoms with van der Waals surface area (Å²) >= 11 is 4.43. The quantitative estimate of drug-likeness (QED) is 0.0866. The number of benzene rings is 2. The number of rotatable bonds is 18. The average molecular weight is 769 g/mol. The molecule has 54 heavy (non-hydrogen) atoms. The van der Waals surface area contributed by atoms with E-state index in [-0.39, 0.29) is 42.9 Å². The Morgan fingerprint density at radius 3 is 2.50 bits per heavy atom. The van der Waals surface area contributed by atoms with Crippen LogP contribution in [0.2, 0.25) is 0 Å². The number of likely N-dealkylation sites (tertiary alicyclic amines) is 1. The summed E-state index contributed by atoms with van der Waals surface area (Å²) in [4.78, 5) is 69.0. The Labute approximate surface area is 324 Å². The van der Waals surface area contributed by atoms with Crippen LogP contribution in [0.15, 0.2) is 42.5 Å². The molecule has 2 aliphatic heterocycles. The van der Waals surface area contributed by atoms with Crippen LogP contribution in [-0.2, 0) is 35.1 Å². The van der Waals surface area contributed by atoms with Crippen LogP contribution < -0.4 is 20.1 Å². The van der Waals surface area contributed by atoms with E-state index in [1.807, 2.05) is 25.1 Å². The molecule has 2 saturated heterocycles. The number of thiol groups is 1. The Kier molecular flexibility index (Phi) is 15.8. The van der Waals surface area contributed by atoms with E-state index in [9.17, 15) is 24.0 Å². The fraction of sp³-hybridized carbons (Fsp3) is 0.575. The van der Waals surface area contributed by atoms with Crippen LogP contribution in [-0.4, -0.2) is 117 Å². The zero-order valence-electron chi connectivity index (χ0n) is 32.4. The molecular formula is C40H56N4O9S. The van der Waals surface area contributed by atoms with Crippen LogP contribution >= 0.6 is 12.6 Å². The van der Waals surface area contributed by atoms with Gasteiger partial charge < -0.3 is 39.4 Å². The van der Waals surface area contributed by atoms with Gasteiger partial charge in [0.05, 0.1) is 33.5 Å². The minimum absolute atomic E-state index is 0.0490. The van der Waals surface area contributed by atoms with Crippen molar-refractivity contribution in [1.29, 1.82) is 0 Å². The van der Waals surface area contributed by atoms with Gasteiger partial charge in [0.1, 0.15) is 12.1 Å².